The first-order valence-corrected chi connectivity index (χ1v) is 6.53. The largest absolute Gasteiger partial charge is 0.331 e. The minimum Gasteiger partial charge on any atom is -0.331 e. The Morgan fingerprint density at radius 2 is 1.45 bits per heavy atom. The summed E-state index contributed by atoms with van der Waals surface area (Å²) in [5, 5.41) is 2.68. The first-order chi connectivity index (χ1) is 10.4. The van der Waals surface area contributed by atoms with Crippen molar-refractivity contribution in [2.45, 2.75) is 6.92 Å². The van der Waals surface area contributed by atoms with Gasteiger partial charge in [-0.1, -0.05) is 18.2 Å². The molecule has 22 heavy (non-hydrogen) atoms. The minimum atomic E-state index is -1.54. The van der Waals surface area contributed by atoms with E-state index in [1.165, 1.54) is 0 Å². The molecule has 0 saturated heterocycles. The molecule has 8 heteroatoms. The number of thiocarbonyl (C=S) groups is 1. The van der Waals surface area contributed by atoms with E-state index in [0.717, 1.165) is 6.92 Å². The summed E-state index contributed by atoms with van der Waals surface area (Å²) in [5.74, 6) is -6.01. The molecule has 0 saturated carbocycles. The van der Waals surface area contributed by atoms with Gasteiger partial charge in [0.15, 0.2) is 28.4 Å². The smallest absolute Gasteiger partial charge is 0.189 e. The molecule has 0 radical (unpaired) electrons. The van der Waals surface area contributed by atoms with E-state index in [0.29, 0.717) is 5.69 Å². The van der Waals surface area contributed by atoms with Gasteiger partial charge < -0.3 is 5.32 Å². The van der Waals surface area contributed by atoms with Crippen LogP contribution in [0, 0.1) is 30.2 Å². The maximum Gasteiger partial charge on any atom is 0.189 e. The normalized spacial score (nSPS) is 10.2. The van der Waals surface area contributed by atoms with Gasteiger partial charge >= 0.3 is 0 Å². The number of anilines is 2. The predicted octanol–water partition coefficient (Wildman–Crippen LogP) is 3.86. The van der Waals surface area contributed by atoms with Gasteiger partial charge in [-0.25, -0.2) is 17.6 Å². The van der Waals surface area contributed by atoms with Gasteiger partial charge in [0.2, 0.25) is 0 Å². The Morgan fingerprint density at radius 3 is 2.00 bits per heavy atom. The molecular weight excluding hydrogens is 318 g/mol. The first kappa shape index (κ1) is 16.0. The number of benzene rings is 2. The maximum absolute atomic E-state index is 13.6. The molecule has 0 heterocycles. The number of rotatable bonds is 3. The summed E-state index contributed by atoms with van der Waals surface area (Å²) in [6, 6.07) is 8.72. The molecule has 0 aliphatic heterocycles. The van der Waals surface area contributed by atoms with Gasteiger partial charge in [-0.2, -0.15) is 0 Å². The summed E-state index contributed by atoms with van der Waals surface area (Å²) in [6.45, 7) is 0.940. The highest BCUT2D eigenvalue weighted by molar-refractivity contribution is 7.80. The van der Waals surface area contributed by atoms with Crippen LogP contribution in [0.2, 0.25) is 0 Å². The number of hydrogen-bond acceptors (Lipinski definition) is 2. The number of hydrazine groups is 1. The van der Waals surface area contributed by atoms with Crippen molar-refractivity contribution in [2.24, 2.45) is 0 Å². The lowest BCUT2D eigenvalue weighted by Gasteiger charge is -2.15. The number of nitrogens with one attached hydrogen (secondary N) is 3. The van der Waals surface area contributed by atoms with Gasteiger partial charge in [0.1, 0.15) is 5.69 Å². The van der Waals surface area contributed by atoms with Gasteiger partial charge in [-0.3, -0.25) is 10.9 Å². The van der Waals surface area contributed by atoms with Gasteiger partial charge in [-0.15, -0.1) is 0 Å². The lowest BCUT2D eigenvalue weighted by Crippen LogP contribution is -2.34. The number of halogens is 4. The van der Waals surface area contributed by atoms with Crippen LogP contribution < -0.4 is 16.2 Å². The van der Waals surface area contributed by atoms with E-state index in [4.69, 9.17) is 12.2 Å². The topological polar surface area (TPSA) is 36.1 Å². The lowest BCUT2D eigenvalue weighted by molar-refractivity contribution is 0.449. The van der Waals surface area contributed by atoms with Crippen molar-refractivity contribution in [3.63, 3.8) is 0 Å². The minimum absolute atomic E-state index is 0.0357. The van der Waals surface area contributed by atoms with E-state index < -0.39 is 34.5 Å². The molecule has 0 amide bonds. The van der Waals surface area contributed by atoms with Gasteiger partial charge in [0, 0.05) is 11.3 Å². The van der Waals surface area contributed by atoms with Crippen LogP contribution in [-0.2, 0) is 0 Å². The third-order valence-corrected chi connectivity index (χ3v) is 3.02. The lowest BCUT2D eigenvalue weighted by atomic mass is 10.2. The van der Waals surface area contributed by atoms with Crippen LogP contribution in [0.15, 0.2) is 30.3 Å². The van der Waals surface area contributed by atoms with Crippen molar-refractivity contribution in [3.05, 3.63) is 59.2 Å². The summed E-state index contributed by atoms with van der Waals surface area (Å²) in [5.41, 5.74) is 3.20. The van der Waals surface area contributed by atoms with Crippen LogP contribution >= 0.6 is 12.2 Å². The molecule has 3 N–H and O–H groups in total. The van der Waals surface area contributed by atoms with Crippen molar-refractivity contribution in [3.8, 4) is 0 Å². The van der Waals surface area contributed by atoms with Gasteiger partial charge in [-0.05, 0) is 31.3 Å². The zero-order chi connectivity index (χ0) is 16.3. The summed E-state index contributed by atoms with van der Waals surface area (Å²) in [7, 11) is 0. The molecule has 0 bridgehead atoms. The molecule has 0 atom stereocenters. The summed E-state index contributed by atoms with van der Waals surface area (Å²) < 4.78 is 54.1. The SMILES string of the molecule is Cc1c(F)c(F)c(NNC(=S)Nc2ccccc2)c(F)c1F. The van der Waals surface area contributed by atoms with Gasteiger partial charge in [0.05, 0.1) is 0 Å². The van der Waals surface area contributed by atoms with Crippen molar-refractivity contribution in [1.29, 1.82) is 0 Å². The van der Waals surface area contributed by atoms with Crippen molar-refractivity contribution < 1.29 is 17.6 Å². The quantitative estimate of drug-likeness (QED) is 0.346. The Bertz CT molecular complexity index is 678. The van der Waals surface area contributed by atoms with Crippen LogP contribution in [0.3, 0.4) is 0 Å². The van der Waals surface area contributed by atoms with Crippen molar-refractivity contribution >= 4 is 28.7 Å². The zero-order valence-electron chi connectivity index (χ0n) is 11.3. The Hall–Kier alpha value is -2.35. The molecule has 0 unspecified atom stereocenters. The second-order valence-corrected chi connectivity index (χ2v) is 4.73. The highest BCUT2D eigenvalue weighted by Crippen LogP contribution is 2.26. The summed E-state index contributed by atoms with van der Waals surface area (Å²) in [6.07, 6.45) is 0. The number of hydrogen-bond donors (Lipinski definition) is 3. The van der Waals surface area contributed by atoms with Crippen LogP contribution in [-0.4, -0.2) is 5.11 Å². The second kappa shape index (κ2) is 6.61. The Balaban J connectivity index is 2.10. The van der Waals surface area contributed by atoms with E-state index in [9.17, 15) is 17.6 Å². The third-order valence-electron chi connectivity index (χ3n) is 2.82. The predicted molar refractivity (Wildman–Crippen MR) is 80.4 cm³/mol. The van der Waals surface area contributed by atoms with Crippen LogP contribution in [0.25, 0.3) is 0 Å². The van der Waals surface area contributed by atoms with Crippen LogP contribution in [0.1, 0.15) is 5.56 Å². The Kier molecular flexibility index (Phi) is 4.81. The average Bonchev–Trinajstić information content (AvgIpc) is 2.52. The van der Waals surface area contributed by atoms with E-state index in [2.05, 4.69) is 10.7 Å². The molecule has 2 aromatic carbocycles. The summed E-state index contributed by atoms with van der Waals surface area (Å²) in [4.78, 5) is 0. The molecule has 0 fully saturated rings. The average molecular weight is 329 g/mol. The molecular formula is C14H11F4N3S. The van der Waals surface area contributed by atoms with E-state index in [1.54, 1.807) is 30.3 Å². The fourth-order valence-electron chi connectivity index (χ4n) is 1.65. The Morgan fingerprint density at radius 1 is 0.909 bits per heavy atom. The highest BCUT2D eigenvalue weighted by atomic mass is 32.1. The summed E-state index contributed by atoms with van der Waals surface area (Å²) >= 11 is 4.90. The Labute approximate surface area is 129 Å². The van der Waals surface area contributed by atoms with Crippen LogP contribution in [0.4, 0.5) is 28.9 Å². The van der Waals surface area contributed by atoms with Gasteiger partial charge in [0.25, 0.3) is 0 Å². The monoisotopic (exact) mass is 329 g/mol. The van der Waals surface area contributed by atoms with E-state index in [-0.39, 0.29) is 5.11 Å². The first-order valence-electron chi connectivity index (χ1n) is 6.12. The highest BCUT2D eigenvalue weighted by Gasteiger charge is 2.23. The van der Waals surface area contributed by atoms with Crippen LogP contribution in [0.5, 0.6) is 0 Å². The molecule has 0 spiro atoms. The molecule has 2 aromatic rings. The molecule has 0 aromatic heterocycles. The van der Waals surface area contributed by atoms with Crippen molar-refractivity contribution in [2.75, 3.05) is 10.7 Å². The van der Waals surface area contributed by atoms with E-state index >= 15 is 0 Å². The maximum atomic E-state index is 13.6. The molecule has 2 rings (SSSR count). The fourth-order valence-corrected chi connectivity index (χ4v) is 1.82. The molecule has 0 aliphatic carbocycles. The fraction of sp³-hybridized carbons (Fsp3) is 0.0714. The number of para-hydroxylation sites is 1. The molecule has 116 valence electrons. The molecule has 0 aliphatic rings. The molecule has 3 nitrogen and oxygen atoms in total. The zero-order valence-corrected chi connectivity index (χ0v) is 12.1. The third kappa shape index (κ3) is 3.28. The standard InChI is InChI=1S/C14H11F4N3S/c1-7-9(15)11(17)13(12(18)10(7)16)20-21-14(22)19-8-5-3-2-4-6-8/h2-6,20H,1H3,(H2,19,21,22). The van der Waals surface area contributed by atoms with Crippen molar-refractivity contribution in [1.82, 2.24) is 5.43 Å². The second-order valence-electron chi connectivity index (χ2n) is 4.33. The van der Waals surface area contributed by atoms with E-state index in [1.807, 2.05) is 5.43 Å².